The van der Waals surface area contributed by atoms with E-state index in [1.807, 2.05) is 24.3 Å². The molecule has 5 nitrogen and oxygen atoms in total. The van der Waals surface area contributed by atoms with Crippen molar-refractivity contribution in [3.8, 4) is 5.75 Å². The number of phenolic OH excluding ortho intramolecular Hbond substituents is 1. The highest BCUT2D eigenvalue weighted by Gasteiger charge is 2.08. The van der Waals surface area contributed by atoms with E-state index in [-0.39, 0.29) is 11.3 Å². The molecule has 0 bridgehead atoms. The van der Waals surface area contributed by atoms with Crippen LogP contribution in [0.1, 0.15) is 10.4 Å². The molecular formula is C17H16N2O3. The SMILES string of the molecule is Nc1cc2ccccc2cc1C(=O)O.Nc1ccccc1O. The summed E-state index contributed by atoms with van der Waals surface area (Å²) in [6, 6.07) is 17.5. The molecule has 0 fully saturated rings. The van der Waals surface area contributed by atoms with Crippen LogP contribution in [-0.2, 0) is 0 Å². The maximum absolute atomic E-state index is 10.8. The normalized spacial score (nSPS) is 9.82. The molecule has 3 rings (SSSR count). The predicted molar refractivity (Wildman–Crippen MR) is 87.8 cm³/mol. The van der Waals surface area contributed by atoms with Crippen molar-refractivity contribution in [2.24, 2.45) is 0 Å². The second-order valence-corrected chi connectivity index (χ2v) is 4.65. The highest BCUT2D eigenvalue weighted by Crippen LogP contribution is 2.21. The zero-order valence-electron chi connectivity index (χ0n) is 11.7. The Hall–Kier alpha value is -3.21. The maximum atomic E-state index is 10.8. The smallest absolute Gasteiger partial charge is 0.337 e. The second kappa shape index (κ2) is 6.49. The van der Waals surface area contributed by atoms with Crippen molar-refractivity contribution in [1.29, 1.82) is 0 Å². The monoisotopic (exact) mass is 296 g/mol. The average molecular weight is 296 g/mol. The molecule has 0 heterocycles. The van der Waals surface area contributed by atoms with Gasteiger partial charge < -0.3 is 21.7 Å². The summed E-state index contributed by atoms with van der Waals surface area (Å²) < 4.78 is 0. The van der Waals surface area contributed by atoms with Crippen molar-refractivity contribution in [2.75, 3.05) is 11.5 Å². The Balaban J connectivity index is 0.000000188. The van der Waals surface area contributed by atoms with Gasteiger partial charge in [-0.15, -0.1) is 0 Å². The Bertz CT molecular complexity index is 795. The molecule has 6 N–H and O–H groups in total. The van der Waals surface area contributed by atoms with Gasteiger partial charge in [-0.05, 0) is 35.0 Å². The minimum absolute atomic E-state index is 0.146. The number of nitrogen functional groups attached to an aromatic ring is 2. The fraction of sp³-hybridized carbons (Fsp3) is 0. The molecule has 0 atom stereocenters. The second-order valence-electron chi connectivity index (χ2n) is 4.65. The van der Waals surface area contributed by atoms with E-state index < -0.39 is 5.97 Å². The van der Waals surface area contributed by atoms with Crippen molar-refractivity contribution in [3.05, 3.63) is 66.2 Å². The number of carbonyl (C=O) groups is 1. The van der Waals surface area contributed by atoms with Crippen LogP contribution in [0.25, 0.3) is 10.8 Å². The van der Waals surface area contributed by atoms with Gasteiger partial charge in [0.1, 0.15) is 5.75 Å². The molecule has 0 aliphatic heterocycles. The standard InChI is InChI=1S/C11H9NO2.C6H7NO/c12-10-6-8-4-2-1-3-7(8)5-9(10)11(13)14;7-5-3-1-2-4-6(5)8/h1-6H,12H2,(H,13,14);1-4,8H,7H2. The first kappa shape index (κ1) is 15.2. The number of nitrogens with two attached hydrogens (primary N) is 2. The van der Waals surface area contributed by atoms with Gasteiger partial charge in [-0.1, -0.05) is 36.4 Å². The number of anilines is 2. The Labute approximate surface area is 127 Å². The van der Waals surface area contributed by atoms with Crippen LogP contribution < -0.4 is 11.5 Å². The molecule has 0 saturated heterocycles. The first-order valence-corrected chi connectivity index (χ1v) is 6.54. The van der Waals surface area contributed by atoms with Gasteiger partial charge in [0.2, 0.25) is 0 Å². The van der Waals surface area contributed by atoms with Crippen molar-refractivity contribution >= 4 is 28.1 Å². The summed E-state index contributed by atoms with van der Waals surface area (Å²) >= 11 is 0. The van der Waals surface area contributed by atoms with Crippen LogP contribution in [-0.4, -0.2) is 16.2 Å². The topological polar surface area (TPSA) is 110 Å². The van der Waals surface area contributed by atoms with Crippen LogP contribution in [0.4, 0.5) is 11.4 Å². The van der Waals surface area contributed by atoms with Crippen LogP contribution in [0.3, 0.4) is 0 Å². The number of benzene rings is 3. The molecule has 0 spiro atoms. The molecule has 3 aromatic rings. The summed E-state index contributed by atoms with van der Waals surface area (Å²) in [5.74, 6) is -0.847. The first-order chi connectivity index (χ1) is 10.5. The van der Waals surface area contributed by atoms with Crippen LogP contribution >= 0.6 is 0 Å². The molecule has 0 radical (unpaired) electrons. The van der Waals surface area contributed by atoms with Crippen molar-refractivity contribution in [3.63, 3.8) is 0 Å². The van der Waals surface area contributed by atoms with Gasteiger partial charge in [0.15, 0.2) is 0 Å². The van der Waals surface area contributed by atoms with E-state index in [0.717, 1.165) is 10.8 Å². The van der Waals surface area contributed by atoms with Crippen molar-refractivity contribution in [2.45, 2.75) is 0 Å². The number of aromatic carboxylic acids is 1. The lowest BCUT2D eigenvalue weighted by Gasteiger charge is -2.03. The molecule has 22 heavy (non-hydrogen) atoms. The summed E-state index contributed by atoms with van der Waals surface area (Å²) in [6.07, 6.45) is 0. The number of fused-ring (bicyclic) bond motifs is 1. The van der Waals surface area contributed by atoms with Crippen LogP contribution in [0.15, 0.2) is 60.7 Å². The lowest BCUT2D eigenvalue weighted by molar-refractivity contribution is 0.0698. The van der Waals surface area contributed by atoms with Crippen molar-refractivity contribution < 1.29 is 15.0 Å². The molecule has 0 aliphatic rings. The van der Waals surface area contributed by atoms with E-state index in [4.69, 9.17) is 21.7 Å². The van der Waals surface area contributed by atoms with Gasteiger partial charge in [0, 0.05) is 5.69 Å². The minimum atomic E-state index is -0.992. The van der Waals surface area contributed by atoms with Crippen LogP contribution in [0.5, 0.6) is 5.75 Å². The molecule has 0 unspecified atom stereocenters. The Morgan fingerprint density at radius 3 is 1.86 bits per heavy atom. The van der Waals surface area contributed by atoms with Crippen LogP contribution in [0, 0.1) is 0 Å². The van der Waals surface area contributed by atoms with E-state index in [9.17, 15) is 4.79 Å². The third-order valence-electron chi connectivity index (χ3n) is 3.09. The molecule has 5 heteroatoms. The Morgan fingerprint density at radius 2 is 1.36 bits per heavy atom. The lowest BCUT2D eigenvalue weighted by atomic mass is 10.1. The van der Waals surface area contributed by atoms with Gasteiger partial charge in [0.05, 0.1) is 11.3 Å². The summed E-state index contributed by atoms with van der Waals surface area (Å²) in [6.45, 7) is 0. The van der Waals surface area contributed by atoms with E-state index in [1.54, 1.807) is 36.4 Å². The van der Waals surface area contributed by atoms with Gasteiger partial charge in [0.25, 0.3) is 0 Å². The maximum Gasteiger partial charge on any atom is 0.337 e. The number of carboxylic acids is 1. The fourth-order valence-electron chi connectivity index (χ4n) is 1.93. The quantitative estimate of drug-likeness (QED) is 0.407. The summed E-state index contributed by atoms with van der Waals surface area (Å²) in [7, 11) is 0. The van der Waals surface area contributed by atoms with Gasteiger partial charge in [-0.25, -0.2) is 4.79 Å². The molecule has 0 aliphatic carbocycles. The number of carboxylic acid groups (broad SMARTS) is 1. The summed E-state index contributed by atoms with van der Waals surface area (Å²) in [5.41, 5.74) is 11.8. The molecule has 0 saturated carbocycles. The Morgan fingerprint density at radius 1 is 0.818 bits per heavy atom. The summed E-state index contributed by atoms with van der Waals surface area (Å²) in [4.78, 5) is 10.8. The molecule has 0 aromatic heterocycles. The number of hydrogen-bond acceptors (Lipinski definition) is 4. The fourth-order valence-corrected chi connectivity index (χ4v) is 1.93. The molecule has 3 aromatic carbocycles. The number of para-hydroxylation sites is 2. The zero-order chi connectivity index (χ0) is 16.1. The van der Waals surface area contributed by atoms with Crippen molar-refractivity contribution in [1.82, 2.24) is 0 Å². The summed E-state index contributed by atoms with van der Waals surface area (Å²) in [5, 5.41) is 19.5. The highest BCUT2D eigenvalue weighted by molar-refractivity contribution is 6.00. The van der Waals surface area contributed by atoms with E-state index in [1.165, 1.54) is 0 Å². The van der Waals surface area contributed by atoms with E-state index in [2.05, 4.69) is 0 Å². The third kappa shape index (κ3) is 3.46. The van der Waals surface area contributed by atoms with Gasteiger partial charge >= 0.3 is 5.97 Å². The minimum Gasteiger partial charge on any atom is -0.506 e. The highest BCUT2D eigenvalue weighted by atomic mass is 16.4. The first-order valence-electron chi connectivity index (χ1n) is 6.54. The van der Waals surface area contributed by atoms with E-state index >= 15 is 0 Å². The third-order valence-corrected chi connectivity index (χ3v) is 3.09. The molecule has 112 valence electrons. The molecular weight excluding hydrogens is 280 g/mol. The largest absolute Gasteiger partial charge is 0.506 e. The average Bonchev–Trinajstić information content (AvgIpc) is 2.50. The number of rotatable bonds is 1. The van der Waals surface area contributed by atoms with Crippen LogP contribution in [0.2, 0.25) is 0 Å². The van der Waals surface area contributed by atoms with Gasteiger partial charge in [-0.3, -0.25) is 0 Å². The zero-order valence-corrected chi connectivity index (χ0v) is 11.7. The molecule has 0 amide bonds. The van der Waals surface area contributed by atoms with Gasteiger partial charge in [-0.2, -0.15) is 0 Å². The number of phenols is 1. The predicted octanol–water partition coefficient (Wildman–Crippen LogP) is 3.09. The Kier molecular flexibility index (Phi) is 4.48. The lowest BCUT2D eigenvalue weighted by Crippen LogP contribution is -2.01. The number of aromatic hydroxyl groups is 1. The van der Waals surface area contributed by atoms with E-state index in [0.29, 0.717) is 11.4 Å². The number of hydrogen-bond donors (Lipinski definition) is 4.